The van der Waals surface area contributed by atoms with Crippen LogP contribution in [0.3, 0.4) is 0 Å². The summed E-state index contributed by atoms with van der Waals surface area (Å²) in [6.07, 6.45) is 6.18. The van der Waals surface area contributed by atoms with Crippen molar-refractivity contribution in [3.8, 4) is 11.1 Å². The molecule has 5 rings (SSSR count). The Balaban J connectivity index is 1.37. The van der Waals surface area contributed by atoms with E-state index >= 15 is 0 Å². The molecule has 3 aromatic rings. The van der Waals surface area contributed by atoms with Crippen LogP contribution >= 0.6 is 0 Å². The SMILES string of the molecule is C[C@@H]1C(=O)N(C)c2cc(-c3ccncc3)ccc2C(=O)N1Cc1cc(F)cc(C(=O)NCC2CCC(O)CC2)c1. The van der Waals surface area contributed by atoms with E-state index in [9.17, 15) is 23.9 Å². The Kier molecular flexibility index (Phi) is 7.93. The molecular weight excluding hydrogens is 511 g/mol. The van der Waals surface area contributed by atoms with E-state index in [1.54, 1.807) is 38.5 Å². The molecule has 0 radical (unpaired) electrons. The van der Waals surface area contributed by atoms with Gasteiger partial charge in [0.15, 0.2) is 0 Å². The molecule has 1 atom stereocenters. The lowest BCUT2D eigenvalue weighted by Crippen LogP contribution is -2.45. The number of fused-ring (bicyclic) bond motifs is 1. The Labute approximate surface area is 232 Å². The molecule has 2 heterocycles. The summed E-state index contributed by atoms with van der Waals surface area (Å²) in [7, 11) is 1.64. The molecule has 0 saturated heterocycles. The van der Waals surface area contributed by atoms with Crippen LogP contribution in [0.2, 0.25) is 0 Å². The van der Waals surface area contributed by atoms with Crippen LogP contribution in [0.4, 0.5) is 10.1 Å². The fourth-order valence-corrected chi connectivity index (χ4v) is 5.54. The summed E-state index contributed by atoms with van der Waals surface area (Å²) in [5.74, 6) is -1.34. The number of aliphatic hydroxyl groups is 1. The highest BCUT2D eigenvalue weighted by molar-refractivity contribution is 6.11. The summed E-state index contributed by atoms with van der Waals surface area (Å²) < 4.78 is 14.6. The minimum Gasteiger partial charge on any atom is -0.393 e. The predicted molar refractivity (Wildman–Crippen MR) is 149 cm³/mol. The molecule has 1 aromatic heterocycles. The summed E-state index contributed by atoms with van der Waals surface area (Å²) >= 11 is 0. The normalized spacial score (nSPS) is 21.1. The largest absolute Gasteiger partial charge is 0.393 e. The number of likely N-dealkylation sites (N-methyl/N-ethyl adjacent to an activating group) is 1. The number of carbonyl (C=O) groups excluding carboxylic acids is 3. The maximum absolute atomic E-state index is 14.6. The van der Waals surface area contributed by atoms with Crippen molar-refractivity contribution in [2.24, 2.45) is 5.92 Å². The maximum Gasteiger partial charge on any atom is 0.256 e. The number of aliphatic hydroxyl groups excluding tert-OH is 1. The fourth-order valence-electron chi connectivity index (χ4n) is 5.54. The lowest BCUT2D eigenvalue weighted by atomic mass is 9.87. The molecule has 1 aliphatic heterocycles. The first-order valence-electron chi connectivity index (χ1n) is 13.6. The van der Waals surface area contributed by atoms with Crippen molar-refractivity contribution in [2.45, 2.75) is 51.3 Å². The molecule has 3 amide bonds. The van der Waals surface area contributed by atoms with Crippen LogP contribution in [0.15, 0.2) is 60.9 Å². The van der Waals surface area contributed by atoms with E-state index in [4.69, 9.17) is 0 Å². The van der Waals surface area contributed by atoms with Crippen LogP contribution in [-0.4, -0.2) is 58.5 Å². The second-order valence-corrected chi connectivity index (χ2v) is 10.7. The van der Waals surface area contributed by atoms with Gasteiger partial charge in [0, 0.05) is 38.1 Å². The van der Waals surface area contributed by atoms with Crippen molar-refractivity contribution < 1.29 is 23.9 Å². The van der Waals surface area contributed by atoms with Gasteiger partial charge in [0.25, 0.3) is 11.8 Å². The molecule has 1 fully saturated rings. The monoisotopic (exact) mass is 544 g/mol. The molecule has 9 heteroatoms. The number of benzene rings is 2. The van der Waals surface area contributed by atoms with Crippen LogP contribution in [-0.2, 0) is 11.3 Å². The number of rotatable bonds is 6. The van der Waals surface area contributed by atoms with Crippen molar-refractivity contribution in [1.82, 2.24) is 15.2 Å². The van der Waals surface area contributed by atoms with E-state index in [1.807, 2.05) is 24.3 Å². The number of nitrogens with one attached hydrogen (secondary N) is 1. The van der Waals surface area contributed by atoms with Gasteiger partial charge >= 0.3 is 0 Å². The van der Waals surface area contributed by atoms with Crippen molar-refractivity contribution in [1.29, 1.82) is 0 Å². The second kappa shape index (κ2) is 11.6. The Morgan fingerprint density at radius 2 is 1.75 bits per heavy atom. The smallest absolute Gasteiger partial charge is 0.256 e. The van der Waals surface area contributed by atoms with E-state index < -0.39 is 17.8 Å². The third-order valence-electron chi connectivity index (χ3n) is 7.96. The summed E-state index contributed by atoms with van der Waals surface area (Å²) in [6, 6.07) is 12.3. The van der Waals surface area contributed by atoms with Crippen LogP contribution in [0.5, 0.6) is 0 Å². The van der Waals surface area contributed by atoms with Gasteiger partial charge in [-0.2, -0.15) is 0 Å². The highest BCUT2D eigenvalue weighted by Crippen LogP contribution is 2.32. The van der Waals surface area contributed by atoms with Crippen LogP contribution in [0.25, 0.3) is 11.1 Å². The summed E-state index contributed by atoms with van der Waals surface area (Å²) in [4.78, 5) is 46.9. The van der Waals surface area contributed by atoms with E-state index in [-0.39, 0.29) is 35.9 Å². The van der Waals surface area contributed by atoms with Crippen LogP contribution < -0.4 is 10.2 Å². The number of hydrogen-bond donors (Lipinski definition) is 2. The number of nitrogens with zero attached hydrogens (tertiary/aromatic N) is 3. The zero-order chi connectivity index (χ0) is 28.4. The first-order valence-corrected chi connectivity index (χ1v) is 13.6. The first kappa shape index (κ1) is 27.5. The number of carbonyl (C=O) groups is 3. The van der Waals surface area contributed by atoms with Gasteiger partial charge in [0.1, 0.15) is 11.9 Å². The van der Waals surface area contributed by atoms with Gasteiger partial charge in [-0.15, -0.1) is 0 Å². The molecule has 2 N–H and O–H groups in total. The number of halogens is 1. The topological polar surface area (TPSA) is 103 Å². The van der Waals surface area contributed by atoms with Gasteiger partial charge in [-0.3, -0.25) is 19.4 Å². The van der Waals surface area contributed by atoms with Crippen molar-refractivity contribution in [3.05, 3.63) is 83.4 Å². The maximum atomic E-state index is 14.6. The second-order valence-electron chi connectivity index (χ2n) is 10.7. The van der Waals surface area contributed by atoms with Crippen LogP contribution in [0, 0.1) is 11.7 Å². The molecule has 1 aliphatic carbocycles. The van der Waals surface area contributed by atoms with Gasteiger partial charge in [0.2, 0.25) is 5.91 Å². The third kappa shape index (κ3) is 5.74. The van der Waals surface area contributed by atoms with Gasteiger partial charge < -0.3 is 20.2 Å². The lowest BCUT2D eigenvalue weighted by molar-refractivity contribution is -0.122. The first-order chi connectivity index (χ1) is 19.2. The fraction of sp³-hybridized carbons (Fsp3) is 0.355. The molecule has 0 bridgehead atoms. The van der Waals surface area contributed by atoms with Crippen molar-refractivity contribution in [2.75, 3.05) is 18.5 Å². The average Bonchev–Trinajstić information content (AvgIpc) is 3.03. The molecule has 0 spiro atoms. The summed E-state index contributed by atoms with van der Waals surface area (Å²) in [5, 5.41) is 12.6. The van der Waals surface area contributed by atoms with Gasteiger partial charge in [-0.05, 0) is 97.7 Å². The highest BCUT2D eigenvalue weighted by Gasteiger charge is 2.36. The zero-order valence-electron chi connectivity index (χ0n) is 22.6. The minimum absolute atomic E-state index is 0.0380. The number of hydrogen-bond acceptors (Lipinski definition) is 5. The zero-order valence-corrected chi connectivity index (χ0v) is 22.6. The molecule has 0 unspecified atom stereocenters. The molecule has 208 valence electrons. The van der Waals surface area contributed by atoms with Gasteiger partial charge in [-0.1, -0.05) is 6.07 Å². The molecule has 40 heavy (non-hydrogen) atoms. The molecule has 2 aliphatic rings. The number of amides is 3. The highest BCUT2D eigenvalue weighted by atomic mass is 19.1. The van der Waals surface area contributed by atoms with Gasteiger partial charge in [-0.25, -0.2) is 4.39 Å². The predicted octanol–water partition coefficient (Wildman–Crippen LogP) is 4.18. The Morgan fingerprint density at radius 1 is 1.02 bits per heavy atom. The quantitative estimate of drug-likeness (QED) is 0.485. The van der Waals surface area contributed by atoms with E-state index in [2.05, 4.69) is 10.3 Å². The Morgan fingerprint density at radius 3 is 2.48 bits per heavy atom. The number of pyridine rings is 1. The molecule has 1 saturated carbocycles. The van der Waals surface area contributed by atoms with E-state index in [0.29, 0.717) is 23.4 Å². The van der Waals surface area contributed by atoms with Crippen molar-refractivity contribution in [3.63, 3.8) is 0 Å². The Hall–Kier alpha value is -4.11. The number of aromatic nitrogens is 1. The lowest BCUT2D eigenvalue weighted by Gasteiger charge is -2.27. The Bertz CT molecular complexity index is 1420. The summed E-state index contributed by atoms with van der Waals surface area (Å²) in [6.45, 7) is 2.07. The average molecular weight is 545 g/mol. The van der Waals surface area contributed by atoms with Gasteiger partial charge in [0.05, 0.1) is 17.4 Å². The van der Waals surface area contributed by atoms with Crippen LogP contribution in [0.1, 0.15) is 58.9 Å². The summed E-state index contributed by atoms with van der Waals surface area (Å²) in [5.41, 5.74) is 3.19. The van der Waals surface area contributed by atoms with E-state index in [0.717, 1.165) is 36.8 Å². The molecule has 8 nitrogen and oxygen atoms in total. The standard InChI is InChI=1S/C31H33FN4O4/c1-19-30(39)35(2)28-16-23(22-9-11-33-12-10-22)5-8-27(28)31(40)36(19)18-21-13-24(15-25(32)14-21)29(38)34-17-20-3-6-26(37)7-4-20/h5,8-16,19-20,26,37H,3-4,6-7,17-18H2,1-2H3,(H,34,38)/t19-,20?,26?/m1/s1. The number of anilines is 1. The van der Waals surface area contributed by atoms with E-state index in [1.165, 1.54) is 21.9 Å². The minimum atomic E-state index is -0.809. The van der Waals surface area contributed by atoms with Crippen molar-refractivity contribution >= 4 is 23.4 Å². The molecular formula is C31H33FN4O4. The third-order valence-corrected chi connectivity index (χ3v) is 7.96. The molecule has 2 aromatic carbocycles.